The highest BCUT2D eigenvalue weighted by atomic mass is 16.5. The fraction of sp³-hybridized carbons (Fsp3) is 0. The molecule has 3 heterocycles. The Balaban J connectivity index is 1.61. The molecule has 4 rings (SSSR count). The van der Waals surface area contributed by atoms with E-state index in [1.165, 1.54) is 0 Å². The monoisotopic (exact) mass is 289 g/mol. The third kappa shape index (κ3) is 2.37. The van der Waals surface area contributed by atoms with Crippen LogP contribution in [0.15, 0.2) is 67.3 Å². The lowest BCUT2D eigenvalue weighted by atomic mass is 10.1. The standard InChI is InChI=1S/C16H11N5O/c1-2-4-15(5-3-1)22-16-17-8-13(9-18-16)12-6-7-14-10-19-20-21(14)11-12/h1-11H. The summed E-state index contributed by atoms with van der Waals surface area (Å²) in [6, 6.07) is 13.7. The van der Waals surface area contributed by atoms with E-state index >= 15 is 0 Å². The van der Waals surface area contributed by atoms with E-state index in [1.807, 2.05) is 48.7 Å². The van der Waals surface area contributed by atoms with Gasteiger partial charge in [0, 0.05) is 29.7 Å². The summed E-state index contributed by atoms with van der Waals surface area (Å²) in [5.41, 5.74) is 2.79. The SMILES string of the molecule is c1ccc(Oc2ncc(-c3ccc4cnnn4c3)cn2)cc1. The Morgan fingerprint density at radius 1 is 0.818 bits per heavy atom. The van der Waals surface area contributed by atoms with Crippen LogP contribution in [-0.4, -0.2) is 24.8 Å². The Morgan fingerprint density at radius 3 is 2.45 bits per heavy atom. The third-order valence-corrected chi connectivity index (χ3v) is 3.21. The molecule has 4 aromatic rings. The molecule has 3 aromatic heterocycles. The second-order valence-corrected chi connectivity index (χ2v) is 4.69. The number of aromatic nitrogens is 5. The van der Waals surface area contributed by atoms with Gasteiger partial charge in [-0.05, 0) is 18.2 Å². The molecule has 22 heavy (non-hydrogen) atoms. The number of para-hydroxylation sites is 1. The summed E-state index contributed by atoms with van der Waals surface area (Å²) < 4.78 is 7.29. The maximum Gasteiger partial charge on any atom is 0.321 e. The summed E-state index contributed by atoms with van der Waals surface area (Å²) >= 11 is 0. The Morgan fingerprint density at radius 2 is 1.64 bits per heavy atom. The lowest BCUT2D eigenvalue weighted by Crippen LogP contribution is -1.93. The predicted octanol–water partition coefficient (Wildman–Crippen LogP) is 2.98. The molecular weight excluding hydrogens is 278 g/mol. The molecule has 0 aliphatic carbocycles. The summed E-state index contributed by atoms with van der Waals surface area (Å²) in [4.78, 5) is 8.48. The number of rotatable bonds is 3. The zero-order valence-electron chi connectivity index (χ0n) is 11.5. The van der Waals surface area contributed by atoms with Gasteiger partial charge in [0.1, 0.15) is 5.75 Å². The third-order valence-electron chi connectivity index (χ3n) is 3.21. The first-order valence-corrected chi connectivity index (χ1v) is 6.74. The van der Waals surface area contributed by atoms with E-state index in [1.54, 1.807) is 23.1 Å². The van der Waals surface area contributed by atoms with Crippen molar-refractivity contribution in [2.75, 3.05) is 0 Å². The van der Waals surface area contributed by atoms with Crippen molar-refractivity contribution in [2.24, 2.45) is 0 Å². The number of benzene rings is 1. The van der Waals surface area contributed by atoms with Gasteiger partial charge in [-0.1, -0.05) is 29.5 Å². The molecule has 0 N–H and O–H groups in total. The minimum absolute atomic E-state index is 0.316. The quantitative estimate of drug-likeness (QED) is 0.580. The van der Waals surface area contributed by atoms with Crippen LogP contribution in [0.4, 0.5) is 0 Å². The fourth-order valence-corrected chi connectivity index (χ4v) is 2.10. The van der Waals surface area contributed by atoms with Gasteiger partial charge in [-0.3, -0.25) is 0 Å². The van der Waals surface area contributed by atoms with Gasteiger partial charge in [0.05, 0.1) is 11.7 Å². The van der Waals surface area contributed by atoms with Gasteiger partial charge < -0.3 is 4.74 Å². The van der Waals surface area contributed by atoms with Gasteiger partial charge >= 0.3 is 6.01 Å². The van der Waals surface area contributed by atoms with E-state index in [-0.39, 0.29) is 0 Å². The summed E-state index contributed by atoms with van der Waals surface area (Å²) in [5.74, 6) is 0.708. The minimum atomic E-state index is 0.316. The molecule has 0 saturated carbocycles. The van der Waals surface area contributed by atoms with Crippen LogP contribution in [0.1, 0.15) is 0 Å². The van der Waals surface area contributed by atoms with Gasteiger partial charge in [0.2, 0.25) is 0 Å². The minimum Gasteiger partial charge on any atom is -0.424 e. The zero-order chi connectivity index (χ0) is 14.8. The molecule has 0 amide bonds. The second kappa shape index (κ2) is 5.25. The summed E-state index contributed by atoms with van der Waals surface area (Å²) in [6.07, 6.45) is 7.04. The molecule has 0 spiro atoms. The van der Waals surface area contributed by atoms with E-state index in [0.29, 0.717) is 11.8 Å². The highest BCUT2D eigenvalue weighted by Gasteiger charge is 2.04. The van der Waals surface area contributed by atoms with Crippen LogP contribution in [0.25, 0.3) is 16.6 Å². The van der Waals surface area contributed by atoms with E-state index < -0.39 is 0 Å². The van der Waals surface area contributed by atoms with Crippen molar-refractivity contribution in [1.29, 1.82) is 0 Å². The van der Waals surface area contributed by atoms with Crippen LogP contribution in [0.5, 0.6) is 11.8 Å². The van der Waals surface area contributed by atoms with E-state index in [0.717, 1.165) is 16.6 Å². The molecule has 1 aromatic carbocycles. The van der Waals surface area contributed by atoms with Crippen LogP contribution < -0.4 is 4.74 Å². The molecule has 6 heteroatoms. The maximum absolute atomic E-state index is 5.58. The molecule has 0 unspecified atom stereocenters. The Kier molecular flexibility index (Phi) is 2.97. The lowest BCUT2D eigenvalue weighted by molar-refractivity contribution is 0.442. The normalized spacial score (nSPS) is 10.7. The molecule has 0 saturated heterocycles. The van der Waals surface area contributed by atoms with Gasteiger partial charge in [-0.25, -0.2) is 14.5 Å². The predicted molar refractivity (Wildman–Crippen MR) is 80.5 cm³/mol. The van der Waals surface area contributed by atoms with Crippen LogP contribution in [0.3, 0.4) is 0 Å². The zero-order valence-corrected chi connectivity index (χ0v) is 11.5. The second-order valence-electron chi connectivity index (χ2n) is 4.69. The average molecular weight is 289 g/mol. The number of ether oxygens (including phenoxy) is 1. The first-order chi connectivity index (χ1) is 10.9. The summed E-state index contributed by atoms with van der Waals surface area (Å²) in [5, 5.41) is 7.84. The van der Waals surface area contributed by atoms with Gasteiger partial charge in [0.25, 0.3) is 0 Å². The topological polar surface area (TPSA) is 65.2 Å². The number of hydrogen-bond acceptors (Lipinski definition) is 5. The molecular formula is C16H11N5O. The van der Waals surface area contributed by atoms with Crippen molar-refractivity contribution in [2.45, 2.75) is 0 Å². The maximum atomic E-state index is 5.58. The number of pyridine rings is 1. The number of hydrogen-bond donors (Lipinski definition) is 0. The van der Waals surface area contributed by atoms with Gasteiger partial charge in [0.15, 0.2) is 0 Å². The van der Waals surface area contributed by atoms with Crippen LogP contribution in [-0.2, 0) is 0 Å². The molecule has 0 atom stereocenters. The molecule has 0 bridgehead atoms. The van der Waals surface area contributed by atoms with E-state index in [4.69, 9.17) is 4.74 Å². The van der Waals surface area contributed by atoms with Crippen molar-refractivity contribution >= 4 is 5.52 Å². The smallest absolute Gasteiger partial charge is 0.321 e. The molecule has 0 aliphatic heterocycles. The van der Waals surface area contributed by atoms with Crippen molar-refractivity contribution in [3.05, 3.63) is 67.3 Å². The highest BCUT2D eigenvalue weighted by Crippen LogP contribution is 2.21. The largest absolute Gasteiger partial charge is 0.424 e. The molecule has 0 aliphatic rings. The Hall–Kier alpha value is -3.28. The van der Waals surface area contributed by atoms with Crippen LogP contribution in [0.2, 0.25) is 0 Å². The van der Waals surface area contributed by atoms with Gasteiger partial charge in [-0.2, -0.15) is 0 Å². The average Bonchev–Trinajstić information content (AvgIpc) is 3.04. The Bertz CT molecular complexity index is 903. The first-order valence-electron chi connectivity index (χ1n) is 6.74. The van der Waals surface area contributed by atoms with E-state index in [2.05, 4.69) is 20.3 Å². The van der Waals surface area contributed by atoms with Crippen molar-refractivity contribution in [3.63, 3.8) is 0 Å². The molecule has 106 valence electrons. The molecule has 0 radical (unpaired) electrons. The first kappa shape index (κ1) is 12.5. The van der Waals surface area contributed by atoms with Crippen LogP contribution in [0, 0.1) is 0 Å². The lowest BCUT2D eigenvalue weighted by Gasteiger charge is -2.05. The van der Waals surface area contributed by atoms with Crippen molar-refractivity contribution in [3.8, 4) is 22.9 Å². The number of nitrogens with zero attached hydrogens (tertiary/aromatic N) is 5. The van der Waals surface area contributed by atoms with Crippen LogP contribution >= 0.6 is 0 Å². The summed E-state index contributed by atoms with van der Waals surface area (Å²) in [6.45, 7) is 0. The Labute approximate surface area is 126 Å². The van der Waals surface area contributed by atoms with E-state index in [9.17, 15) is 0 Å². The molecule has 0 fully saturated rings. The fourth-order valence-electron chi connectivity index (χ4n) is 2.10. The van der Waals surface area contributed by atoms with Crippen molar-refractivity contribution in [1.82, 2.24) is 24.8 Å². The highest BCUT2D eigenvalue weighted by molar-refractivity contribution is 5.63. The molecule has 6 nitrogen and oxygen atoms in total. The number of fused-ring (bicyclic) bond motifs is 1. The van der Waals surface area contributed by atoms with Crippen molar-refractivity contribution < 1.29 is 4.74 Å². The van der Waals surface area contributed by atoms with Gasteiger partial charge in [-0.15, -0.1) is 5.10 Å². The summed E-state index contributed by atoms with van der Waals surface area (Å²) in [7, 11) is 0.